The summed E-state index contributed by atoms with van der Waals surface area (Å²) in [5.74, 6) is 0. The van der Waals surface area contributed by atoms with Gasteiger partial charge in [0.15, 0.2) is 11.9 Å². The molecule has 1 atom stereocenters. The van der Waals surface area contributed by atoms with Crippen molar-refractivity contribution >= 4 is 6.29 Å². The highest BCUT2D eigenvalue weighted by molar-refractivity contribution is 5.63. The molecule has 0 saturated carbocycles. The van der Waals surface area contributed by atoms with Gasteiger partial charge in [0, 0.05) is 6.42 Å². The first-order valence-electron chi connectivity index (χ1n) is 5.07. The maximum Gasteiger partial charge on any atom is 0.154 e. The number of aldehydes is 1. The summed E-state index contributed by atoms with van der Waals surface area (Å²) in [4.78, 5) is 11.1. The molecule has 1 heterocycles. The van der Waals surface area contributed by atoms with Gasteiger partial charge in [-0.25, -0.2) is 0 Å². The van der Waals surface area contributed by atoms with Crippen LogP contribution in [-0.4, -0.2) is 31.7 Å². The Labute approximate surface area is 89.0 Å². The second-order valence-corrected chi connectivity index (χ2v) is 3.75. The first-order valence-corrected chi connectivity index (χ1v) is 5.07. The zero-order valence-corrected chi connectivity index (χ0v) is 8.52. The number of hydrogen-bond donors (Lipinski definition) is 0. The normalized spacial score (nSPS) is 26.1. The molecular weight excluding hydrogens is 192 g/mol. The Morgan fingerprint density at radius 3 is 2.67 bits per heavy atom. The van der Waals surface area contributed by atoms with Gasteiger partial charge < -0.3 is 14.3 Å². The molecule has 1 aromatic rings. The molecule has 1 saturated heterocycles. The second-order valence-electron chi connectivity index (χ2n) is 3.75. The lowest BCUT2D eigenvalue weighted by Gasteiger charge is -2.32. The van der Waals surface area contributed by atoms with Gasteiger partial charge in [-0.2, -0.15) is 0 Å². The van der Waals surface area contributed by atoms with Crippen molar-refractivity contribution in [1.82, 2.24) is 0 Å². The standard InChI is InChI=1S/C12H14O3/c13-9-12(10-14-6-7-15-12)8-11-4-2-1-3-5-11/h1-5,9H,6-8,10H2. The van der Waals surface area contributed by atoms with Crippen LogP contribution in [0.1, 0.15) is 5.56 Å². The lowest BCUT2D eigenvalue weighted by atomic mass is 9.96. The van der Waals surface area contributed by atoms with E-state index < -0.39 is 5.60 Å². The van der Waals surface area contributed by atoms with Crippen LogP contribution in [0, 0.1) is 0 Å². The third-order valence-electron chi connectivity index (χ3n) is 2.52. The Balaban J connectivity index is 2.10. The molecule has 0 bridgehead atoms. The molecule has 1 aromatic carbocycles. The number of rotatable bonds is 3. The van der Waals surface area contributed by atoms with Gasteiger partial charge in [0.25, 0.3) is 0 Å². The summed E-state index contributed by atoms with van der Waals surface area (Å²) in [7, 11) is 0. The topological polar surface area (TPSA) is 35.5 Å². The van der Waals surface area contributed by atoms with E-state index in [2.05, 4.69) is 0 Å². The number of carbonyl (C=O) groups excluding carboxylic acids is 1. The van der Waals surface area contributed by atoms with Crippen molar-refractivity contribution in [3.63, 3.8) is 0 Å². The fraction of sp³-hybridized carbons (Fsp3) is 0.417. The molecule has 80 valence electrons. The molecular formula is C12H14O3. The first-order chi connectivity index (χ1) is 7.35. The average molecular weight is 206 g/mol. The Morgan fingerprint density at radius 1 is 1.27 bits per heavy atom. The monoisotopic (exact) mass is 206 g/mol. The van der Waals surface area contributed by atoms with Gasteiger partial charge in [0.1, 0.15) is 0 Å². The summed E-state index contributed by atoms with van der Waals surface area (Å²) >= 11 is 0. The number of benzene rings is 1. The minimum absolute atomic E-state index is 0.353. The third kappa shape index (κ3) is 2.43. The molecule has 1 unspecified atom stereocenters. The highest BCUT2D eigenvalue weighted by Crippen LogP contribution is 2.19. The van der Waals surface area contributed by atoms with Gasteiger partial charge >= 0.3 is 0 Å². The van der Waals surface area contributed by atoms with Crippen LogP contribution in [0.3, 0.4) is 0 Å². The molecule has 3 nitrogen and oxygen atoms in total. The zero-order valence-electron chi connectivity index (χ0n) is 8.52. The lowest BCUT2D eigenvalue weighted by molar-refractivity contribution is -0.164. The Morgan fingerprint density at radius 2 is 2.07 bits per heavy atom. The molecule has 0 N–H and O–H groups in total. The van der Waals surface area contributed by atoms with Crippen LogP contribution in [-0.2, 0) is 20.7 Å². The summed E-state index contributed by atoms with van der Waals surface area (Å²) in [5, 5.41) is 0. The summed E-state index contributed by atoms with van der Waals surface area (Å²) in [6, 6.07) is 9.84. The van der Waals surface area contributed by atoms with Gasteiger partial charge in [-0.3, -0.25) is 0 Å². The molecule has 1 fully saturated rings. The molecule has 1 aliphatic heterocycles. The molecule has 0 aliphatic carbocycles. The van der Waals surface area contributed by atoms with Gasteiger partial charge in [-0.05, 0) is 5.56 Å². The molecule has 15 heavy (non-hydrogen) atoms. The summed E-state index contributed by atoms with van der Waals surface area (Å²) in [6.45, 7) is 1.42. The molecule has 3 heteroatoms. The second kappa shape index (κ2) is 4.55. The summed E-state index contributed by atoms with van der Waals surface area (Å²) < 4.78 is 10.8. The predicted molar refractivity (Wildman–Crippen MR) is 55.7 cm³/mol. The van der Waals surface area contributed by atoms with Crippen LogP contribution < -0.4 is 0 Å². The molecule has 1 aliphatic rings. The highest BCUT2D eigenvalue weighted by atomic mass is 16.6. The maximum absolute atomic E-state index is 11.1. The molecule has 0 amide bonds. The van der Waals surface area contributed by atoms with E-state index in [9.17, 15) is 4.79 Å². The van der Waals surface area contributed by atoms with E-state index in [-0.39, 0.29) is 0 Å². The van der Waals surface area contributed by atoms with Crippen molar-refractivity contribution in [1.29, 1.82) is 0 Å². The largest absolute Gasteiger partial charge is 0.376 e. The van der Waals surface area contributed by atoms with Crippen molar-refractivity contribution in [2.24, 2.45) is 0 Å². The minimum atomic E-state index is -0.778. The molecule has 2 rings (SSSR count). The van der Waals surface area contributed by atoms with E-state index in [1.165, 1.54) is 0 Å². The summed E-state index contributed by atoms with van der Waals surface area (Å²) in [6.07, 6.45) is 1.44. The quantitative estimate of drug-likeness (QED) is 0.697. The first kappa shape index (κ1) is 10.3. The fourth-order valence-corrected chi connectivity index (χ4v) is 1.74. The van der Waals surface area contributed by atoms with Crippen LogP contribution in [0.2, 0.25) is 0 Å². The Hall–Kier alpha value is -1.19. The van der Waals surface area contributed by atoms with Crippen molar-refractivity contribution in [3.05, 3.63) is 35.9 Å². The van der Waals surface area contributed by atoms with Gasteiger partial charge in [0.05, 0.1) is 19.8 Å². The lowest BCUT2D eigenvalue weighted by Crippen LogP contribution is -2.46. The van der Waals surface area contributed by atoms with Gasteiger partial charge in [0.2, 0.25) is 0 Å². The van der Waals surface area contributed by atoms with Crippen molar-refractivity contribution in [3.8, 4) is 0 Å². The smallest absolute Gasteiger partial charge is 0.154 e. The van der Waals surface area contributed by atoms with Crippen molar-refractivity contribution in [2.75, 3.05) is 19.8 Å². The van der Waals surface area contributed by atoms with Crippen LogP contribution in [0.25, 0.3) is 0 Å². The van der Waals surface area contributed by atoms with Crippen LogP contribution in [0.15, 0.2) is 30.3 Å². The van der Waals surface area contributed by atoms with Crippen LogP contribution in [0.4, 0.5) is 0 Å². The maximum atomic E-state index is 11.1. The SMILES string of the molecule is O=CC1(Cc2ccccc2)COCCO1. The highest BCUT2D eigenvalue weighted by Gasteiger charge is 2.34. The average Bonchev–Trinajstić information content (AvgIpc) is 2.32. The van der Waals surface area contributed by atoms with E-state index in [1.54, 1.807) is 0 Å². The number of hydrogen-bond acceptors (Lipinski definition) is 3. The van der Waals surface area contributed by atoms with E-state index >= 15 is 0 Å². The van der Waals surface area contributed by atoms with Gasteiger partial charge in [-0.15, -0.1) is 0 Å². The zero-order chi connectivity index (χ0) is 10.6. The Bertz CT molecular complexity index is 315. The van der Waals surface area contributed by atoms with E-state index in [4.69, 9.17) is 9.47 Å². The van der Waals surface area contributed by atoms with Crippen LogP contribution >= 0.6 is 0 Å². The molecule has 0 spiro atoms. The predicted octanol–water partition coefficient (Wildman–Crippen LogP) is 1.21. The fourth-order valence-electron chi connectivity index (χ4n) is 1.74. The summed E-state index contributed by atoms with van der Waals surface area (Å²) in [5.41, 5.74) is 0.315. The minimum Gasteiger partial charge on any atom is -0.376 e. The third-order valence-corrected chi connectivity index (χ3v) is 2.52. The molecule has 0 radical (unpaired) electrons. The number of ether oxygens (including phenoxy) is 2. The molecule has 0 aromatic heterocycles. The number of carbonyl (C=O) groups is 1. The van der Waals surface area contributed by atoms with E-state index in [1.807, 2.05) is 30.3 Å². The van der Waals surface area contributed by atoms with E-state index in [0.717, 1.165) is 11.8 Å². The van der Waals surface area contributed by atoms with E-state index in [0.29, 0.717) is 26.2 Å². The van der Waals surface area contributed by atoms with Crippen molar-refractivity contribution in [2.45, 2.75) is 12.0 Å². The van der Waals surface area contributed by atoms with Crippen LogP contribution in [0.5, 0.6) is 0 Å². The Kier molecular flexibility index (Phi) is 3.14. The van der Waals surface area contributed by atoms with Gasteiger partial charge in [-0.1, -0.05) is 30.3 Å². The van der Waals surface area contributed by atoms with Crippen molar-refractivity contribution < 1.29 is 14.3 Å².